The summed E-state index contributed by atoms with van der Waals surface area (Å²) in [5.41, 5.74) is 3.52. The number of ether oxygens (including phenoxy) is 1. The van der Waals surface area contributed by atoms with Crippen LogP contribution in [0, 0.1) is 10.1 Å². The number of aromatic nitrogens is 3. The van der Waals surface area contributed by atoms with Crippen molar-refractivity contribution in [3.05, 3.63) is 67.9 Å². The van der Waals surface area contributed by atoms with Crippen molar-refractivity contribution in [1.29, 1.82) is 0 Å². The van der Waals surface area contributed by atoms with Crippen LogP contribution in [0.5, 0.6) is 6.01 Å². The van der Waals surface area contributed by atoms with Crippen LogP contribution in [-0.2, 0) is 19.5 Å². The maximum Gasteiger partial charge on any atom is 0.415 e. The Balaban J connectivity index is 1.29. The third kappa shape index (κ3) is 3.98. The zero-order valence-corrected chi connectivity index (χ0v) is 18.2. The average molecular weight is 460 g/mol. The maximum absolute atomic E-state index is 10.9. The third-order valence-corrected chi connectivity index (χ3v) is 6.04. The molecule has 0 spiro atoms. The van der Waals surface area contributed by atoms with Crippen LogP contribution >= 0.6 is 23.2 Å². The highest BCUT2D eigenvalue weighted by Crippen LogP contribution is 2.33. The van der Waals surface area contributed by atoms with E-state index in [1.54, 1.807) is 10.6 Å². The number of imidazole rings is 1. The molecule has 0 fully saturated rings. The van der Waals surface area contributed by atoms with Gasteiger partial charge in [0.05, 0.1) is 12.2 Å². The van der Waals surface area contributed by atoms with Crippen LogP contribution in [0.1, 0.15) is 18.2 Å². The molecule has 5 rings (SSSR count). The summed E-state index contributed by atoms with van der Waals surface area (Å²) in [6.45, 7) is 4.84. The van der Waals surface area contributed by atoms with Crippen molar-refractivity contribution in [3.8, 4) is 17.3 Å². The molecule has 2 aromatic heterocycles. The zero-order chi connectivity index (χ0) is 21.8. The molecular weight excluding hydrogens is 441 g/mol. The zero-order valence-electron chi connectivity index (χ0n) is 16.7. The Hall–Kier alpha value is -2.68. The summed E-state index contributed by atoms with van der Waals surface area (Å²) in [6.07, 6.45) is 2.25. The second kappa shape index (κ2) is 7.47. The van der Waals surface area contributed by atoms with Gasteiger partial charge < -0.3 is 14.9 Å². The highest BCUT2D eigenvalue weighted by atomic mass is 35.5. The van der Waals surface area contributed by atoms with Gasteiger partial charge in [-0.3, -0.25) is 14.5 Å². The Morgan fingerprint density at radius 3 is 2.71 bits per heavy atom. The summed E-state index contributed by atoms with van der Waals surface area (Å²) >= 11 is 12.3. The van der Waals surface area contributed by atoms with Gasteiger partial charge in [-0.15, -0.1) is 0 Å². The number of nitro groups is 1. The normalized spacial score (nSPS) is 20.2. The van der Waals surface area contributed by atoms with Gasteiger partial charge in [0.15, 0.2) is 0 Å². The molecule has 0 saturated carbocycles. The molecule has 0 unspecified atom stereocenters. The van der Waals surface area contributed by atoms with Crippen molar-refractivity contribution in [2.45, 2.75) is 32.0 Å². The minimum absolute atomic E-state index is 0.188. The van der Waals surface area contributed by atoms with Crippen molar-refractivity contribution < 1.29 is 9.66 Å². The van der Waals surface area contributed by atoms with Crippen molar-refractivity contribution >= 4 is 29.0 Å². The van der Waals surface area contributed by atoms with Crippen molar-refractivity contribution in [3.63, 3.8) is 0 Å². The summed E-state index contributed by atoms with van der Waals surface area (Å²) in [4.78, 5) is 21.5. The fourth-order valence-electron chi connectivity index (χ4n) is 4.31. The quantitative estimate of drug-likeness (QED) is 0.425. The molecule has 4 heterocycles. The van der Waals surface area contributed by atoms with E-state index in [9.17, 15) is 10.1 Å². The van der Waals surface area contributed by atoms with Crippen LogP contribution in [0.4, 0.5) is 5.82 Å². The number of nitrogens with zero attached hydrogens (tertiary/aromatic N) is 5. The molecule has 0 N–H and O–H groups in total. The first-order valence-electron chi connectivity index (χ1n) is 9.86. The molecule has 31 heavy (non-hydrogen) atoms. The lowest BCUT2D eigenvalue weighted by Crippen LogP contribution is -2.46. The molecule has 0 bridgehead atoms. The number of fused-ring (bicyclic) bond motifs is 2. The van der Waals surface area contributed by atoms with Crippen LogP contribution < -0.4 is 4.74 Å². The summed E-state index contributed by atoms with van der Waals surface area (Å²) < 4.78 is 7.69. The van der Waals surface area contributed by atoms with E-state index < -0.39 is 10.5 Å². The third-order valence-electron chi connectivity index (χ3n) is 5.60. The predicted octanol–water partition coefficient (Wildman–Crippen LogP) is 4.37. The van der Waals surface area contributed by atoms with Gasteiger partial charge in [-0.25, -0.2) is 0 Å². The first kappa shape index (κ1) is 20.2. The number of hydrogen-bond acceptors (Lipinski definition) is 6. The van der Waals surface area contributed by atoms with Gasteiger partial charge in [0.2, 0.25) is 0 Å². The van der Waals surface area contributed by atoms with Crippen LogP contribution in [0.15, 0.2) is 36.5 Å². The van der Waals surface area contributed by atoms with E-state index >= 15 is 0 Å². The van der Waals surface area contributed by atoms with Gasteiger partial charge >= 0.3 is 11.8 Å². The molecule has 0 aliphatic carbocycles. The largest absolute Gasteiger partial charge is 0.436 e. The first-order valence-corrected chi connectivity index (χ1v) is 10.6. The van der Waals surface area contributed by atoms with Crippen molar-refractivity contribution in [2.75, 3.05) is 13.1 Å². The fraction of sp³-hybridized carbons (Fsp3) is 0.333. The Bertz CT molecular complexity index is 1150. The summed E-state index contributed by atoms with van der Waals surface area (Å²) in [5, 5.41) is 12.1. The molecule has 0 radical (unpaired) electrons. The smallest absolute Gasteiger partial charge is 0.415 e. The number of halogens is 2. The second-order valence-electron chi connectivity index (χ2n) is 8.24. The van der Waals surface area contributed by atoms with Crippen LogP contribution in [0.2, 0.25) is 10.0 Å². The highest BCUT2D eigenvalue weighted by Gasteiger charge is 2.41. The lowest BCUT2D eigenvalue weighted by atomic mass is 10.0. The van der Waals surface area contributed by atoms with Gasteiger partial charge in [-0.1, -0.05) is 29.3 Å². The average Bonchev–Trinajstić information content (AvgIpc) is 3.22. The number of benzene rings is 1. The van der Waals surface area contributed by atoms with Gasteiger partial charge in [0, 0.05) is 52.3 Å². The van der Waals surface area contributed by atoms with Gasteiger partial charge in [-0.05, 0) is 41.7 Å². The predicted molar refractivity (Wildman–Crippen MR) is 117 cm³/mol. The topological polar surface area (TPSA) is 86.3 Å². The molecule has 1 aromatic carbocycles. The van der Waals surface area contributed by atoms with Gasteiger partial charge in [-0.2, -0.15) is 0 Å². The second-order valence-corrected chi connectivity index (χ2v) is 9.11. The van der Waals surface area contributed by atoms with E-state index in [1.807, 2.05) is 25.1 Å². The van der Waals surface area contributed by atoms with Gasteiger partial charge in [0.25, 0.3) is 0 Å². The lowest BCUT2D eigenvalue weighted by molar-refractivity contribution is -0.389. The van der Waals surface area contributed by atoms with Crippen molar-refractivity contribution in [2.24, 2.45) is 0 Å². The van der Waals surface area contributed by atoms with E-state index in [0.29, 0.717) is 29.1 Å². The number of pyridine rings is 1. The molecule has 0 amide bonds. The molecule has 2 aliphatic heterocycles. The SMILES string of the molecule is C[C@]1(CN2CCc3nc(-c4cc(Cl)cc(Cl)c4)ccc3C2)Cn2cc([N+](=O)[O-])nc2O1. The summed E-state index contributed by atoms with van der Waals surface area (Å²) in [7, 11) is 0. The van der Waals surface area contributed by atoms with Crippen LogP contribution in [0.25, 0.3) is 11.3 Å². The monoisotopic (exact) mass is 459 g/mol. The van der Waals surface area contributed by atoms with Crippen molar-refractivity contribution in [1.82, 2.24) is 19.4 Å². The standard InChI is InChI=1S/C21H19Cl2N5O3/c1-21(12-27-10-19(28(29)30)25-20(27)31-21)11-26-5-4-18-13(9-26)2-3-17(24-18)14-6-15(22)8-16(23)7-14/h2-3,6-8,10H,4-5,9,11-12H2,1H3/t21-/m0/s1. The van der Waals surface area contributed by atoms with Crippen LogP contribution in [0.3, 0.4) is 0 Å². The fourth-order valence-corrected chi connectivity index (χ4v) is 4.83. The van der Waals surface area contributed by atoms with E-state index in [1.165, 1.54) is 11.8 Å². The number of hydrogen-bond donors (Lipinski definition) is 0. The molecule has 160 valence electrons. The van der Waals surface area contributed by atoms with E-state index in [0.717, 1.165) is 36.5 Å². The molecule has 8 nitrogen and oxygen atoms in total. The molecule has 0 saturated heterocycles. The molecule has 10 heteroatoms. The summed E-state index contributed by atoms with van der Waals surface area (Å²) in [5.74, 6) is -0.188. The van der Waals surface area contributed by atoms with E-state index in [-0.39, 0.29) is 5.82 Å². The minimum atomic E-state index is -0.508. The lowest BCUT2D eigenvalue weighted by Gasteiger charge is -2.34. The Morgan fingerprint density at radius 1 is 1.23 bits per heavy atom. The molecule has 3 aromatic rings. The molecule has 1 atom stereocenters. The Morgan fingerprint density at radius 2 is 2.00 bits per heavy atom. The Kier molecular flexibility index (Phi) is 4.88. The summed E-state index contributed by atoms with van der Waals surface area (Å²) in [6, 6.07) is 9.83. The first-order chi connectivity index (χ1) is 14.8. The molecule has 2 aliphatic rings. The van der Waals surface area contributed by atoms with Crippen LogP contribution in [-0.4, -0.2) is 43.0 Å². The number of rotatable bonds is 4. The molecular formula is C21H19Cl2N5O3. The minimum Gasteiger partial charge on any atom is -0.436 e. The van der Waals surface area contributed by atoms with Gasteiger partial charge in [0.1, 0.15) is 11.8 Å². The highest BCUT2D eigenvalue weighted by molar-refractivity contribution is 6.35. The Labute approximate surface area is 188 Å². The maximum atomic E-state index is 10.9. The van der Waals surface area contributed by atoms with E-state index in [4.69, 9.17) is 32.9 Å². The van der Waals surface area contributed by atoms with E-state index in [2.05, 4.69) is 16.0 Å².